The zero-order valence-electron chi connectivity index (χ0n) is 16.0. The second kappa shape index (κ2) is 7.21. The van der Waals surface area contributed by atoms with Gasteiger partial charge in [-0.1, -0.05) is 30.3 Å². The molecule has 4 rings (SSSR count). The quantitative estimate of drug-likeness (QED) is 0.822. The lowest BCUT2D eigenvalue weighted by atomic mass is 9.89. The lowest BCUT2D eigenvalue weighted by Crippen LogP contribution is -2.34. The number of hydrogen-bond donors (Lipinski definition) is 0. The highest BCUT2D eigenvalue weighted by Gasteiger charge is 2.34. The molecule has 27 heavy (non-hydrogen) atoms. The second-order valence-corrected chi connectivity index (χ2v) is 7.88. The fourth-order valence-corrected chi connectivity index (χ4v) is 3.86. The smallest absolute Gasteiger partial charge is 0.234 e. The number of nitriles is 1. The number of nitrogens with zero attached hydrogens (tertiary/aromatic N) is 3. The van der Waals surface area contributed by atoms with E-state index in [1.54, 1.807) is 0 Å². The SMILES string of the molecule is CC1(C)Cc2c(C#N)c(OCc3ccccc3)nc(N3CCCC3)c2CO1. The summed E-state index contributed by atoms with van der Waals surface area (Å²) in [5, 5.41) is 9.87. The first-order valence-corrected chi connectivity index (χ1v) is 9.59. The molecule has 5 heteroatoms. The van der Waals surface area contributed by atoms with Crippen LogP contribution in [0.1, 0.15) is 48.9 Å². The third-order valence-electron chi connectivity index (χ3n) is 5.30. The van der Waals surface area contributed by atoms with Crippen LogP contribution in [0.5, 0.6) is 5.88 Å². The summed E-state index contributed by atoms with van der Waals surface area (Å²) in [6.07, 6.45) is 3.03. The van der Waals surface area contributed by atoms with Crippen molar-refractivity contribution in [2.24, 2.45) is 0 Å². The molecule has 0 aliphatic carbocycles. The van der Waals surface area contributed by atoms with Crippen molar-refractivity contribution in [1.29, 1.82) is 5.26 Å². The molecule has 0 amide bonds. The number of benzene rings is 1. The Hall–Kier alpha value is -2.58. The minimum Gasteiger partial charge on any atom is -0.472 e. The molecule has 1 aromatic heterocycles. The van der Waals surface area contributed by atoms with Gasteiger partial charge in [-0.25, -0.2) is 0 Å². The van der Waals surface area contributed by atoms with Gasteiger partial charge in [0.25, 0.3) is 0 Å². The molecule has 0 bridgehead atoms. The highest BCUT2D eigenvalue weighted by Crippen LogP contribution is 2.39. The van der Waals surface area contributed by atoms with E-state index in [1.165, 1.54) is 12.8 Å². The van der Waals surface area contributed by atoms with Gasteiger partial charge in [0.2, 0.25) is 5.88 Å². The minimum atomic E-state index is -0.293. The van der Waals surface area contributed by atoms with Crippen molar-refractivity contribution in [3.05, 3.63) is 52.6 Å². The van der Waals surface area contributed by atoms with Gasteiger partial charge < -0.3 is 14.4 Å². The highest BCUT2D eigenvalue weighted by molar-refractivity contribution is 5.61. The molecule has 5 nitrogen and oxygen atoms in total. The van der Waals surface area contributed by atoms with Crippen molar-refractivity contribution >= 4 is 5.82 Å². The number of ether oxygens (including phenoxy) is 2. The Kier molecular flexibility index (Phi) is 4.75. The van der Waals surface area contributed by atoms with Gasteiger partial charge in [-0.05, 0) is 37.8 Å². The highest BCUT2D eigenvalue weighted by atomic mass is 16.5. The van der Waals surface area contributed by atoms with Crippen molar-refractivity contribution in [2.45, 2.75) is 51.9 Å². The Bertz CT molecular complexity index is 865. The standard InChI is InChI=1S/C22H25N3O2/c1-22(2)12-17-18(13-23)21(26-14-16-8-4-3-5-9-16)24-20(19(17)15-27-22)25-10-6-7-11-25/h3-5,8-9H,6-7,10-12,14-15H2,1-2H3. The average Bonchev–Trinajstić information content (AvgIpc) is 3.20. The van der Waals surface area contributed by atoms with Crippen LogP contribution in [0.25, 0.3) is 0 Å². The minimum absolute atomic E-state index is 0.293. The molecule has 0 unspecified atom stereocenters. The molecule has 1 aromatic carbocycles. The number of aromatic nitrogens is 1. The number of hydrogen-bond acceptors (Lipinski definition) is 5. The molecule has 0 N–H and O–H groups in total. The summed E-state index contributed by atoms with van der Waals surface area (Å²) in [6.45, 7) is 7.02. The first-order chi connectivity index (χ1) is 13.1. The van der Waals surface area contributed by atoms with Crippen molar-refractivity contribution in [3.8, 4) is 11.9 Å². The number of anilines is 1. The van der Waals surface area contributed by atoms with Gasteiger partial charge in [-0.2, -0.15) is 10.2 Å². The van der Waals surface area contributed by atoms with Crippen LogP contribution in [0, 0.1) is 11.3 Å². The Morgan fingerprint density at radius 2 is 1.93 bits per heavy atom. The van der Waals surface area contributed by atoms with E-state index in [0.29, 0.717) is 31.1 Å². The molecule has 2 aromatic rings. The number of fused-ring (bicyclic) bond motifs is 1. The van der Waals surface area contributed by atoms with Gasteiger partial charge >= 0.3 is 0 Å². The van der Waals surface area contributed by atoms with Crippen LogP contribution in [0.3, 0.4) is 0 Å². The monoisotopic (exact) mass is 363 g/mol. The van der Waals surface area contributed by atoms with E-state index < -0.39 is 0 Å². The maximum atomic E-state index is 9.87. The summed E-state index contributed by atoms with van der Waals surface area (Å²) in [6, 6.07) is 12.3. The van der Waals surface area contributed by atoms with E-state index in [2.05, 4.69) is 24.8 Å². The van der Waals surface area contributed by atoms with Crippen molar-refractivity contribution in [2.75, 3.05) is 18.0 Å². The molecular weight excluding hydrogens is 338 g/mol. The Morgan fingerprint density at radius 1 is 1.19 bits per heavy atom. The summed E-state index contributed by atoms with van der Waals surface area (Å²) < 4.78 is 12.1. The molecule has 3 heterocycles. The molecule has 1 saturated heterocycles. The van der Waals surface area contributed by atoms with Crippen LogP contribution in [0.15, 0.2) is 30.3 Å². The average molecular weight is 363 g/mol. The fourth-order valence-electron chi connectivity index (χ4n) is 3.86. The zero-order chi connectivity index (χ0) is 18.9. The third kappa shape index (κ3) is 3.63. The van der Waals surface area contributed by atoms with Gasteiger partial charge in [0.15, 0.2) is 0 Å². The predicted molar refractivity (Wildman–Crippen MR) is 104 cm³/mol. The van der Waals surface area contributed by atoms with E-state index in [9.17, 15) is 5.26 Å². The summed E-state index contributed by atoms with van der Waals surface area (Å²) in [5.74, 6) is 1.37. The van der Waals surface area contributed by atoms with Gasteiger partial charge in [0.1, 0.15) is 24.1 Å². The van der Waals surface area contributed by atoms with E-state index in [4.69, 9.17) is 14.5 Å². The van der Waals surface area contributed by atoms with Gasteiger partial charge in [0, 0.05) is 25.1 Å². The lowest BCUT2D eigenvalue weighted by molar-refractivity contribution is -0.0401. The molecular formula is C22H25N3O2. The Labute approximate surface area is 160 Å². The summed E-state index contributed by atoms with van der Waals surface area (Å²) in [4.78, 5) is 7.11. The largest absolute Gasteiger partial charge is 0.472 e. The Morgan fingerprint density at radius 3 is 2.63 bits per heavy atom. The van der Waals surface area contributed by atoms with E-state index in [-0.39, 0.29) is 5.60 Å². The van der Waals surface area contributed by atoms with Crippen LogP contribution >= 0.6 is 0 Å². The maximum absolute atomic E-state index is 9.87. The van der Waals surface area contributed by atoms with Crippen LogP contribution in [0.2, 0.25) is 0 Å². The van der Waals surface area contributed by atoms with Crippen LogP contribution < -0.4 is 9.64 Å². The summed E-state index contributed by atoms with van der Waals surface area (Å²) in [5.41, 5.74) is 3.42. The molecule has 2 aliphatic rings. The predicted octanol–water partition coefficient (Wildman–Crippen LogP) is 3.98. The van der Waals surface area contributed by atoms with Gasteiger partial charge in [-0.3, -0.25) is 0 Å². The van der Waals surface area contributed by atoms with Crippen LogP contribution in [0.4, 0.5) is 5.82 Å². The summed E-state index contributed by atoms with van der Waals surface area (Å²) >= 11 is 0. The lowest BCUT2D eigenvalue weighted by Gasteiger charge is -2.35. The fraction of sp³-hybridized carbons (Fsp3) is 0.455. The molecule has 0 spiro atoms. The Balaban J connectivity index is 1.75. The normalized spacial score (nSPS) is 18.0. The van der Waals surface area contributed by atoms with E-state index in [1.807, 2.05) is 30.3 Å². The van der Waals surface area contributed by atoms with E-state index in [0.717, 1.165) is 35.6 Å². The summed E-state index contributed by atoms with van der Waals surface area (Å²) in [7, 11) is 0. The maximum Gasteiger partial charge on any atom is 0.234 e. The molecule has 0 saturated carbocycles. The van der Waals surface area contributed by atoms with E-state index >= 15 is 0 Å². The van der Waals surface area contributed by atoms with Crippen LogP contribution in [-0.4, -0.2) is 23.7 Å². The molecule has 0 radical (unpaired) electrons. The molecule has 2 aliphatic heterocycles. The van der Waals surface area contributed by atoms with Crippen molar-refractivity contribution < 1.29 is 9.47 Å². The first kappa shape index (κ1) is 17.8. The number of pyridine rings is 1. The van der Waals surface area contributed by atoms with Crippen LogP contribution in [-0.2, 0) is 24.4 Å². The topological polar surface area (TPSA) is 58.4 Å². The first-order valence-electron chi connectivity index (χ1n) is 9.59. The zero-order valence-corrected chi connectivity index (χ0v) is 16.0. The second-order valence-electron chi connectivity index (χ2n) is 7.88. The molecule has 140 valence electrons. The van der Waals surface area contributed by atoms with Crippen molar-refractivity contribution in [3.63, 3.8) is 0 Å². The third-order valence-corrected chi connectivity index (χ3v) is 5.30. The van der Waals surface area contributed by atoms with Crippen molar-refractivity contribution in [1.82, 2.24) is 4.98 Å². The van der Waals surface area contributed by atoms with Gasteiger partial charge in [-0.15, -0.1) is 0 Å². The number of rotatable bonds is 4. The molecule has 0 atom stereocenters. The molecule has 1 fully saturated rings. The van der Waals surface area contributed by atoms with Gasteiger partial charge in [0.05, 0.1) is 12.2 Å².